The Morgan fingerprint density at radius 3 is 1.59 bits per heavy atom. The van der Waals surface area contributed by atoms with Gasteiger partial charge in [-0.15, -0.1) is 0 Å². The van der Waals surface area contributed by atoms with Gasteiger partial charge < -0.3 is 0 Å². The van der Waals surface area contributed by atoms with Crippen LogP contribution in [0, 0.1) is 11.3 Å². The van der Waals surface area contributed by atoms with E-state index in [-0.39, 0.29) is 0 Å². The van der Waals surface area contributed by atoms with E-state index in [1.165, 1.54) is 32.0 Å². The lowest BCUT2D eigenvalue weighted by Crippen LogP contribution is -2.32. The summed E-state index contributed by atoms with van der Waals surface area (Å²) >= 11 is 1.81. The fraction of sp³-hybridized carbons (Fsp3) is 0.0238. The largest absolute Gasteiger partial charge is 0.228 e. The van der Waals surface area contributed by atoms with Gasteiger partial charge in [0.15, 0.2) is 5.82 Å². The summed E-state index contributed by atoms with van der Waals surface area (Å²) in [4.78, 5) is 12.8. The van der Waals surface area contributed by atoms with Crippen molar-refractivity contribution in [3.63, 3.8) is 0 Å². The van der Waals surface area contributed by atoms with Crippen molar-refractivity contribution in [2.75, 3.05) is 0 Å². The second-order valence-corrected chi connectivity index (χ2v) is 12.8. The molecule has 1 aliphatic carbocycles. The molecular formula is C42H25N3S. The average molecular weight is 604 g/mol. The van der Waals surface area contributed by atoms with Gasteiger partial charge in [-0.25, -0.2) is 9.97 Å². The molecule has 0 unspecified atom stereocenters. The zero-order chi connectivity index (χ0) is 30.7. The van der Waals surface area contributed by atoms with Gasteiger partial charge in [0.1, 0.15) is 0 Å². The lowest BCUT2D eigenvalue weighted by molar-refractivity contribution is 0.722. The van der Waals surface area contributed by atoms with E-state index < -0.39 is 5.41 Å². The molecule has 0 saturated heterocycles. The maximum absolute atomic E-state index is 10.0. The minimum Gasteiger partial charge on any atom is -0.228 e. The zero-order valence-electron chi connectivity index (χ0n) is 24.7. The van der Waals surface area contributed by atoms with Crippen LogP contribution in [-0.4, -0.2) is 9.97 Å². The van der Waals surface area contributed by atoms with E-state index in [4.69, 9.17) is 9.97 Å². The van der Waals surface area contributed by atoms with Crippen LogP contribution >= 0.6 is 11.8 Å². The Bertz CT molecular complexity index is 2250. The minimum absolute atomic E-state index is 0.592. The summed E-state index contributed by atoms with van der Waals surface area (Å²) in [6.45, 7) is 0. The fourth-order valence-electron chi connectivity index (χ4n) is 7.20. The molecule has 46 heavy (non-hydrogen) atoms. The van der Waals surface area contributed by atoms with E-state index in [0.717, 1.165) is 39.2 Å². The SMILES string of the molecule is N#Cc1ccc2c(c1)C1(c3ccccc3Sc3ccccc31)c1cc(-c3nc(-c4ccccc4)cc(-c4ccccc4)n3)ccc1-2. The van der Waals surface area contributed by atoms with Crippen molar-refractivity contribution in [1.29, 1.82) is 5.26 Å². The van der Waals surface area contributed by atoms with Crippen LogP contribution < -0.4 is 0 Å². The number of benzene rings is 6. The molecule has 0 N–H and O–H groups in total. The minimum atomic E-state index is -0.592. The predicted molar refractivity (Wildman–Crippen MR) is 184 cm³/mol. The van der Waals surface area contributed by atoms with Crippen molar-refractivity contribution in [1.82, 2.24) is 9.97 Å². The Morgan fingerprint density at radius 1 is 0.478 bits per heavy atom. The highest BCUT2D eigenvalue weighted by atomic mass is 32.2. The Labute approximate surface area is 271 Å². The van der Waals surface area contributed by atoms with Gasteiger partial charge in [0.2, 0.25) is 0 Å². The summed E-state index contributed by atoms with van der Waals surface area (Å²) in [5.74, 6) is 0.679. The molecule has 0 fully saturated rings. The maximum atomic E-state index is 10.0. The molecule has 214 valence electrons. The second kappa shape index (κ2) is 10.4. The van der Waals surface area contributed by atoms with Gasteiger partial charge in [0.25, 0.3) is 0 Å². The molecule has 7 aromatic rings. The molecule has 2 heterocycles. The van der Waals surface area contributed by atoms with Gasteiger partial charge in [0.05, 0.1) is 28.4 Å². The molecule has 1 aromatic heterocycles. The molecule has 2 aliphatic rings. The summed E-state index contributed by atoms with van der Waals surface area (Å²) < 4.78 is 0. The molecule has 0 radical (unpaired) electrons. The Balaban J connectivity index is 1.34. The van der Waals surface area contributed by atoms with Crippen LogP contribution in [0.1, 0.15) is 27.8 Å². The van der Waals surface area contributed by atoms with Crippen molar-refractivity contribution in [2.24, 2.45) is 0 Å². The van der Waals surface area contributed by atoms with Gasteiger partial charge >= 0.3 is 0 Å². The molecule has 1 aliphatic heterocycles. The van der Waals surface area contributed by atoms with E-state index in [1.54, 1.807) is 0 Å². The lowest BCUT2D eigenvalue weighted by atomic mass is 9.67. The third-order valence-electron chi connectivity index (χ3n) is 9.19. The highest BCUT2D eigenvalue weighted by Gasteiger charge is 2.50. The molecule has 9 rings (SSSR count). The second-order valence-electron chi connectivity index (χ2n) is 11.7. The highest BCUT2D eigenvalue weighted by molar-refractivity contribution is 7.99. The first-order valence-corrected chi connectivity index (χ1v) is 16.1. The first-order chi connectivity index (χ1) is 22.7. The number of hydrogen-bond acceptors (Lipinski definition) is 4. The van der Waals surface area contributed by atoms with Gasteiger partial charge in [0, 0.05) is 26.5 Å². The summed E-state index contributed by atoms with van der Waals surface area (Å²) in [5, 5.41) is 10.0. The van der Waals surface area contributed by atoms with Crippen LogP contribution in [0.2, 0.25) is 0 Å². The third kappa shape index (κ3) is 3.92. The first kappa shape index (κ1) is 26.6. The van der Waals surface area contributed by atoms with Crippen LogP contribution in [0.5, 0.6) is 0 Å². The van der Waals surface area contributed by atoms with Crippen molar-refractivity contribution >= 4 is 11.8 Å². The normalized spacial score (nSPS) is 13.3. The quantitative estimate of drug-likeness (QED) is 0.202. The number of nitriles is 1. The Kier molecular flexibility index (Phi) is 6.03. The van der Waals surface area contributed by atoms with Gasteiger partial charge in [-0.3, -0.25) is 0 Å². The van der Waals surface area contributed by atoms with Crippen LogP contribution in [0.25, 0.3) is 45.0 Å². The van der Waals surface area contributed by atoms with E-state index in [2.05, 4.69) is 115 Å². The number of aromatic nitrogens is 2. The van der Waals surface area contributed by atoms with E-state index >= 15 is 0 Å². The van der Waals surface area contributed by atoms with E-state index in [1.807, 2.05) is 54.2 Å². The number of rotatable bonds is 3. The Morgan fingerprint density at radius 2 is 1.00 bits per heavy atom. The Hall–Kier alpha value is -5.76. The third-order valence-corrected chi connectivity index (χ3v) is 10.3. The van der Waals surface area contributed by atoms with Crippen molar-refractivity contribution in [3.05, 3.63) is 179 Å². The molecule has 1 spiro atoms. The molecule has 0 atom stereocenters. The molecule has 3 nitrogen and oxygen atoms in total. The van der Waals surface area contributed by atoms with Crippen LogP contribution in [0.3, 0.4) is 0 Å². The first-order valence-electron chi connectivity index (χ1n) is 15.3. The molecule has 6 aromatic carbocycles. The van der Waals surface area contributed by atoms with Crippen LogP contribution in [-0.2, 0) is 5.41 Å². The fourth-order valence-corrected chi connectivity index (χ4v) is 8.39. The molecule has 4 heteroatoms. The molecule has 0 amide bonds. The van der Waals surface area contributed by atoms with E-state index in [9.17, 15) is 5.26 Å². The van der Waals surface area contributed by atoms with Crippen molar-refractivity contribution in [2.45, 2.75) is 15.2 Å². The summed E-state index contributed by atoms with van der Waals surface area (Å²) in [6.07, 6.45) is 0. The zero-order valence-corrected chi connectivity index (χ0v) is 25.5. The van der Waals surface area contributed by atoms with Gasteiger partial charge in [-0.2, -0.15) is 5.26 Å². The topological polar surface area (TPSA) is 49.6 Å². The van der Waals surface area contributed by atoms with Gasteiger partial charge in [-0.05, 0) is 69.8 Å². The van der Waals surface area contributed by atoms with E-state index in [0.29, 0.717) is 11.4 Å². The van der Waals surface area contributed by atoms with Crippen molar-refractivity contribution in [3.8, 4) is 51.1 Å². The van der Waals surface area contributed by atoms with Crippen LogP contribution in [0.15, 0.2) is 161 Å². The average Bonchev–Trinajstić information content (AvgIpc) is 3.41. The number of fused-ring (bicyclic) bond motifs is 9. The molecular weight excluding hydrogens is 579 g/mol. The maximum Gasteiger partial charge on any atom is 0.160 e. The lowest BCUT2D eigenvalue weighted by Gasteiger charge is -2.39. The smallest absolute Gasteiger partial charge is 0.160 e. The monoisotopic (exact) mass is 603 g/mol. The standard InChI is InChI=1S/C42H25N3S/c43-26-27-19-21-31-32-22-20-30(41-44-37(28-11-3-1-4-12-28)25-38(45-41)29-13-5-2-6-14-29)24-36(32)42(35(31)23-27)33-15-7-9-17-39(33)46-40-18-10-8-16-34(40)42/h1-25H. The summed E-state index contributed by atoms with van der Waals surface area (Å²) in [6, 6.07) is 55.3. The predicted octanol–water partition coefficient (Wildman–Crippen LogP) is 10.2. The summed E-state index contributed by atoms with van der Waals surface area (Å²) in [7, 11) is 0. The van der Waals surface area contributed by atoms with Crippen molar-refractivity contribution < 1.29 is 0 Å². The number of nitrogens with zero attached hydrogens (tertiary/aromatic N) is 3. The van der Waals surface area contributed by atoms with Crippen LogP contribution in [0.4, 0.5) is 0 Å². The molecule has 0 saturated carbocycles. The number of hydrogen-bond donors (Lipinski definition) is 0. The molecule has 0 bridgehead atoms. The van der Waals surface area contributed by atoms with Gasteiger partial charge in [-0.1, -0.05) is 127 Å². The highest BCUT2D eigenvalue weighted by Crippen LogP contribution is 2.62. The summed E-state index contributed by atoms with van der Waals surface area (Å²) in [5.41, 5.74) is 12.0.